The summed E-state index contributed by atoms with van der Waals surface area (Å²) in [6.45, 7) is 0. The second-order valence-electron chi connectivity index (χ2n) is 1.01. The van der Waals surface area contributed by atoms with Gasteiger partial charge in [-0.05, 0) is 0 Å². The summed E-state index contributed by atoms with van der Waals surface area (Å²) in [6.07, 6.45) is 0. The molecule has 0 amide bonds. The molecule has 0 unspecified atom stereocenters. The lowest BCUT2D eigenvalue weighted by molar-refractivity contribution is 1.43. The Bertz CT molecular complexity index is 122. The summed E-state index contributed by atoms with van der Waals surface area (Å²) < 4.78 is 3.28. The third-order valence-electron chi connectivity index (χ3n) is 0.358. The molecule has 0 aromatic heterocycles. The van der Waals surface area contributed by atoms with Crippen LogP contribution in [0.15, 0.2) is 9.65 Å². The molecule has 6 heteroatoms. The quantitative estimate of drug-likeness (QED) is 0.193. The van der Waals surface area contributed by atoms with Crippen LogP contribution in [0.4, 0.5) is 0 Å². The fourth-order valence-corrected chi connectivity index (χ4v) is 0.207. The van der Waals surface area contributed by atoms with Crippen molar-refractivity contribution < 1.29 is 0 Å². The van der Waals surface area contributed by atoms with E-state index in [1.165, 1.54) is 0 Å². The van der Waals surface area contributed by atoms with Crippen molar-refractivity contribution in [1.82, 2.24) is 0 Å². The molecule has 0 saturated carbocycles. The van der Waals surface area contributed by atoms with E-state index in [2.05, 4.69) is 20.1 Å². The van der Waals surface area contributed by atoms with Gasteiger partial charge in [-0.25, -0.2) is 0 Å². The van der Waals surface area contributed by atoms with Gasteiger partial charge >= 0.3 is 0 Å². The van der Waals surface area contributed by atoms with Gasteiger partial charge in [-0.15, -0.1) is 0 Å². The van der Waals surface area contributed by atoms with E-state index in [-0.39, 0.29) is 11.9 Å². The van der Waals surface area contributed by atoms with Crippen LogP contribution in [0.3, 0.4) is 0 Å². The van der Waals surface area contributed by atoms with Crippen molar-refractivity contribution in [2.45, 2.75) is 0 Å². The SMILES string of the molecule is NC(N)=N/C(N)=N/[Si]. The molecule has 3 radical (unpaired) electrons. The molecule has 43 valence electrons. The van der Waals surface area contributed by atoms with E-state index < -0.39 is 0 Å². The Balaban J connectivity index is 3.89. The topological polar surface area (TPSA) is 103 Å². The van der Waals surface area contributed by atoms with Crippen LogP contribution in [-0.4, -0.2) is 22.3 Å². The van der Waals surface area contributed by atoms with Crippen LogP contribution in [0.1, 0.15) is 0 Å². The van der Waals surface area contributed by atoms with Crippen LogP contribution in [0.2, 0.25) is 0 Å². The second kappa shape index (κ2) is 3.02. The third kappa shape index (κ3) is 3.16. The van der Waals surface area contributed by atoms with Crippen molar-refractivity contribution in [3.05, 3.63) is 0 Å². The van der Waals surface area contributed by atoms with Crippen molar-refractivity contribution >= 4 is 22.3 Å². The maximum atomic E-state index is 5.03. The van der Waals surface area contributed by atoms with E-state index in [1.54, 1.807) is 0 Å². The summed E-state index contributed by atoms with van der Waals surface area (Å²) in [5.41, 5.74) is 14.9. The van der Waals surface area contributed by atoms with Gasteiger partial charge in [0.25, 0.3) is 0 Å². The van der Waals surface area contributed by atoms with Gasteiger partial charge in [0.2, 0.25) is 16.4 Å². The summed E-state index contributed by atoms with van der Waals surface area (Å²) in [4.78, 5) is 3.35. The molecule has 6 N–H and O–H groups in total. The number of rotatable bonds is 0. The lowest BCUT2D eigenvalue weighted by Crippen LogP contribution is -2.26. The van der Waals surface area contributed by atoms with Gasteiger partial charge < -0.3 is 17.2 Å². The van der Waals surface area contributed by atoms with E-state index in [4.69, 9.17) is 17.2 Å². The van der Waals surface area contributed by atoms with Gasteiger partial charge in [0.1, 0.15) is 0 Å². The van der Waals surface area contributed by atoms with Crippen molar-refractivity contribution in [2.24, 2.45) is 26.9 Å². The Morgan fingerprint density at radius 1 is 1.25 bits per heavy atom. The zero-order valence-electron chi connectivity index (χ0n) is 4.13. The third-order valence-corrected chi connectivity index (χ3v) is 0.587. The van der Waals surface area contributed by atoms with E-state index in [1.807, 2.05) is 0 Å². The normalized spacial score (nSPS) is 10.9. The van der Waals surface area contributed by atoms with Crippen molar-refractivity contribution in [3.63, 3.8) is 0 Å². The Hall–Kier alpha value is -1.04. The maximum absolute atomic E-state index is 5.03. The van der Waals surface area contributed by atoms with Crippen LogP contribution in [-0.2, 0) is 0 Å². The predicted octanol–water partition coefficient (Wildman–Crippen LogP) is -2.34. The highest BCUT2D eigenvalue weighted by Gasteiger charge is 1.81. The number of nitrogens with two attached hydrogens (primary N) is 3. The molecule has 0 aliphatic heterocycles. The Morgan fingerprint density at radius 2 is 1.75 bits per heavy atom. The minimum atomic E-state index is -0.107. The van der Waals surface area contributed by atoms with Gasteiger partial charge in [0.05, 0.1) is 0 Å². The fourth-order valence-electron chi connectivity index (χ4n) is 0.157. The molecule has 0 saturated heterocycles. The lowest BCUT2D eigenvalue weighted by atomic mass is 11.0. The van der Waals surface area contributed by atoms with E-state index >= 15 is 0 Å². The van der Waals surface area contributed by atoms with Crippen molar-refractivity contribution in [1.29, 1.82) is 0 Å². The largest absolute Gasteiger partial charge is 0.370 e. The first-order chi connectivity index (χ1) is 3.66. The molecule has 0 rings (SSSR count). The van der Waals surface area contributed by atoms with Crippen LogP contribution in [0.5, 0.6) is 0 Å². The summed E-state index contributed by atoms with van der Waals surface area (Å²) in [7, 11) is 2.73. The molecule has 0 atom stereocenters. The van der Waals surface area contributed by atoms with Gasteiger partial charge in [-0.3, -0.25) is 4.66 Å². The van der Waals surface area contributed by atoms with Gasteiger partial charge in [-0.2, -0.15) is 4.99 Å². The lowest BCUT2D eigenvalue weighted by Gasteiger charge is -1.88. The average molecular weight is 128 g/mol. The summed E-state index contributed by atoms with van der Waals surface area (Å²) >= 11 is 0. The zero-order valence-corrected chi connectivity index (χ0v) is 5.13. The molecule has 0 aliphatic carbocycles. The smallest absolute Gasteiger partial charge is 0.226 e. The van der Waals surface area contributed by atoms with Gasteiger partial charge in [0.15, 0.2) is 5.96 Å². The van der Waals surface area contributed by atoms with Crippen LogP contribution >= 0.6 is 0 Å². The monoisotopic (exact) mass is 128 g/mol. The standard InChI is InChI=1S/C2H6N5Si/c3-1(4)6-2(5)7-8/h(H6,3,4,5,6,7). The molecule has 0 bridgehead atoms. The van der Waals surface area contributed by atoms with E-state index in [0.29, 0.717) is 0 Å². The number of aliphatic imine (C=N–C) groups is 1. The number of nitrogens with zero attached hydrogens (tertiary/aromatic N) is 2. The molecule has 0 aliphatic rings. The Morgan fingerprint density at radius 3 is 1.88 bits per heavy atom. The van der Waals surface area contributed by atoms with Gasteiger partial charge in [0, 0.05) is 0 Å². The first-order valence-corrected chi connectivity index (χ1v) is 2.21. The molecular weight excluding hydrogens is 122 g/mol. The molecule has 0 aromatic rings. The molecular formula is C2H6N5Si. The Kier molecular flexibility index (Phi) is 2.63. The minimum Gasteiger partial charge on any atom is -0.370 e. The highest BCUT2D eigenvalue weighted by atomic mass is 28.2. The molecule has 0 fully saturated rings. The number of hydrogen-bond acceptors (Lipinski definition) is 1. The van der Waals surface area contributed by atoms with Crippen LogP contribution in [0, 0.1) is 0 Å². The molecule has 0 aromatic carbocycles. The molecule has 0 heterocycles. The summed E-state index contributed by atoms with van der Waals surface area (Å²) in [6, 6.07) is 0. The number of hydrogen-bond donors (Lipinski definition) is 3. The summed E-state index contributed by atoms with van der Waals surface area (Å²) in [5, 5.41) is 0. The van der Waals surface area contributed by atoms with Crippen molar-refractivity contribution in [3.8, 4) is 0 Å². The van der Waals surface area contributed by atoms with E-state index in [0.717, 1.165) is 0 Å². The number of guanidine groups is 2. The predicted molar refractivity (Wildman–Crippen MR) is 33.2 cm³/mol. The van der Waals surface area contributed by atoms with Crippen LogP contribution in [0.25, 0.3) is 0 Å². The highest BCUT2D eigenvalue weighted by Crippen LogP contribution is 1.63. The van der Waals surface area contributed by atoms with Gasteiger partial charge in [-0.1, -0.05) is 0 Å². The van der Waals surface area contributed by atoms with E-state index in [9.17, 15) is 0 Å². The highest BCUT2D eigenvalue weighted by molar-refractivity contribution is 6.13. The summed E-state index contributed by atoms with van der Waals surface area (Å²) in [5.74, 6) is -0.105. The first-order valence-electron chi connectivity index (χ1n) is 1.76. The minimum absolute atomic E-state index is 0.00154. The molecule has 8 heavy (non-hydrogen) atoms. The maximum Gasteiger partial charge on any atom is 0.226 e. The Labute approximate surface area is 50.2 Å². The van der Waals surface area contributed by atoms with Crippen molar-refractivity contribution in [2.75, 3.05) is 0 Å². The molecule has 0 spiro atoms. The zero-order chi connectivity index (χ0) is 6.57. The molecule has 5 nitrogen and oxygen atoms in total. The average Bonchev–Trinajstić information content (AvgIpc) is 1.65. The first kappa shape index (κ1) is 6.96. The fraction of sp³-hybridized carbons (Fsp3) is 0. The second-order valence-corrected chi connectivity index (χ2v) is 1.23. The van der Waals surface area contributed by atoms with Crippen LogP contribution < -0.4 is 17.2 Å².